The van der Waals surface area contributed by atoms with E-state index in [-0.39, 0.29) is 11.3 Å². The van der Waals surface area contributed by atoms with E-state index < -0.39 is 9.84 Å². The Morgan fingerprint density at radius 2 is 2.15 bits per heavy atom. The van der Waals surface area contributed by atoms with Gasteiger partial charge in [-0.2, -0.15) is 0 Å². The number of nitrogens with zero attached hydrogens (tertiary/aromatic N) is 2. The van der Waals surface area contributed by atoms with Crippen molar-refractivity contribution < 1.29 is 8.42 Å². The van der Waals surface area contributed by atoms with Crippen LogP contribution in [0.1, 0.15) is 5.56 Å². The van der Waals surface area contributed by atoms with Gasteiger partial charge in [0.1, 0.15) is 14.5 Å². The van der Waals surface area contributed by atoms with E-state index in [0.717, 1.165) is 11.1 Å². The van der Waals surface area contributed by atoms with Crippen molar-refractivity contribution in [1.29, 1.82) is 0 Å². The maximum atomic E-state index is 12.2. The Morgan fingerprint density at radius 1 is 1.40 bits per heavy atom. The van der Waals surface area contributed by atoms with Crippen molar-refractivity contribution in [2.45, 2.75) is 13.5 Å². The number of hydrogen-bond donors (Lipinski definition) is 1. The Hall–Kier alpha value is -1.25. The third-order valence-corrected chi connectivity index (χ3v) is 4.92. The molecule has 0 aliphatic rings. The van der Waals surface area contributed by atoms with E-state index in [1.54, 1.807) is 10.9 Å². The minimum Gasteiger partial charge on any atom is -0.314 e. The van der Waals surface area contributed by atoms with Gasteiger partial charge in [-0.1, -0.05) is 0 Å². The van der Waals surface area contributed by atoms with Crippen molar-refractivity contribution in [3.8, 4) is 0 Å². The standard InChI is InChI=1S/C12H17N3O3S2/c1-9-7-19-11-10(9)14-8-15(12(11)16)5-3-13-4-6-20(2,17)18/h7-8,13H,3-6H2,1-2H3. The number of thiophene rings is 1. The van der Waals surface area contributed by atoms with E-state index in [0.29, 0.717) is 24.3 Å². The molecule has 6 nitrogen and oxygen atoms in total. The number of aryl methyl sites for hydroxylation is 1. The maximum Gasteiger partial charge on any atom is 0.271 e. The maximum absolute atomic E-state index is 12.2. The zero-order chi connectivity index (χ0) is 14.8. The van der Waals surface area contributed by atoms with Crippen LogP contribution >= 0.6 is 11.3 Å². The number of fused-ring (bicyclic) bond motifs is 1. The minimum atomic E-state index is -2.95. The molecule has 0 saturated heterocycles. The largest absolute Gasteiger partial charge is 0.314 e. The summed E-state index contributed by atoms with van der Waals surface area (Å²) in [6.45, 7) is 3.33. The van der Waals surface area contributed by atoms with Crippen LogP contribution in [-0.2, 0) is 16.4 Å². The van der Waals surface area contributed by atoms with E-state index in [1.807, 2.05) is 12.3 Å². The van der Waals surface area contributed by atoms with Crippen molar-refractivity contribution >= 4 is 31.4 Å². The van der Waals surface area contributed by atoms with Gasteiger partial charge in [0, 0.05) is 25.9 Å². The van der Waals surface area contributed by atoms with Crippen LogP contribution in [-0.4, -0.2) is 43.1 Å². The molecule has 2 rings (SSSR count). The second-order valence-electron chi connectivity index (χ2n) is 4.72. The van der Waals surface area contributed by atoms with E-state index in [1.165, 1.54) is 17.6 Å². The van der Waals surface area contributed by atoms with Crippen molar-refractivity contribution in [1.82, 2.24) is 14.9 Å². The highest BCUT2D eigenvalue weighted by atomic mass is 32.2. The lowest BCUT2D eigenvalue weighted by Crippen LogP contribution is -2.29. The van der Waals surface area contributed by atoms with E-state index in [9.17, 15) is 13.2 Å². The van der Waals surface area contributed by atoms with Crippen LogP contribution in [0.25, 0.3) is 10.2 Å². The highest BCUT2D eigenvalue weighted by molar-refractivity contribution is 7.90. The predicted molar refractivity (Wildman–Crippen MR) is 81.2 cm³/mol. The van der Waals surface area contributed by atoms with Gasteiger partial charge >= 0.3 is 0 Å². The lowest BCUT2D eigenvalue weighted by atomic mass is 10.3. The molecule has 0 atom stereocenters. The summed E-state index contributed by atoms with van der Waals surface area (Å²) in [6.07, 6.45) is 2.75. The third kappa shape index (κ3) is 3.65. The quantitative estimate of drug-likeness (QED) is 0.781. The molecule has 0 spiro atoms. The van der Waals surface area contributed by atoms with E-state index in [2.05, 4.69) is 10.3 Å². The average Bonchev–Trinajstić information content (AvgIpc) is 2.73. The smallest absolute Gasteiger partial charge is 0.271 e. The molecule has 2 aromatic heterocycles. The van der Waals surface area contributed by atoms with Crippen LogP contribution in [0.15, 0.2) is 16.5 Å². The van der Waals surface area contributed by atoms with Gasteiger partial charge in [0.05, 0.1) is 17.6 Å². The van der Waals surface area contributed by atoms with Gasteiger partial charge in [0.25, 0.3) is 5.56 Å². The van der Waals surface area contributed by atoms with Crippen LogP contribution in [0.5, 0.6) is 0 Å². The molecule has 2 aromatic rings. The predicted octanol–water partition coefficient (Wildman–Crippen LogP) is 0.401. The van der Waals surface area contributed by atoms with Gasteiger partial charge in [0.15, 0.2) is 0 Å². The van der Waals surface area contributed by atoms with Crippen molar-refractivity contribution in [3.63, 3.8) is 0 Å². The molecule has 8 heteroatoms. The van der Waals surface area contributed by atoms with Gasteiger partial charge in [-0.15, -0.1) is 11.3 Å². The molecule has 20 heavy (non-hydrogen) atoms. The molecule has 0 aliphatic heterocycles. The fraction of sp³-hybridized carbons (Fsp3) is 0.500. The summed E-state index contributed by atoms with van der Waals surface area (Å²) in [5.41, 5.74) is 1.74. The third-order valence-electron chi connectivity index (χ3n) is 2.90. The fourth-order valence-electron chi connectivity index (χ4n) is 1.80. The van der Waals surface area contributed by atoms with Gasteiger partial charge in [-0.05, 0) is 17.9 Å². The number of hydrogen-bond acceptors (Lipinski definition) is 6. The number of rotatable bonds is 6. The van der Waals surface area contributed by atoms with Crippen LogP contribution in [0.3, 0.4) is 0 Å². The molecule has 0 bridgehead atoms. The Bertz CT molecular complexity index is 762. The van der Waals surface area contributed by atoms with Crippen LogP contribution in [0.4, 0.5) is 0 Å². The Morgan fingerprint density at radius 3 is 2.85 bits per heavy atom. The van der Waals surface area contributed by atoms with Crippen LogP contribution in [0.2, 0.25) is 0 Å². The summed E-state index contributed by atoms with van der Waals surface area (Å²) in [5.74, 6) is 0.100. The Balaban J connectivity index is 1.97. The van der Waals surface area contributed by atoms with Crippen LogP contribution < -0.4 is 10.9 Å². The molecule has 110 valence electrons. The van der Waals surface area contributed by atoms with Gasteiger partial charge in [0.2, 0.25) is 0 Å². The fourth-order valence-corrected chi connectivity index (χ4v) is 3.27. The normalized spacial score (nSPS) is 12.1. The summed E-state index contributed by atoms with van der Waals surface area (Å²) in [7, 11) is -2.95. The highest BCUT2D eigenvalue weighted by Gasteiger charge is 2.08. The number of nitrogens with one attached hydrogen (secondary N) is 1. The topological polar surface area (TPSA) is 81.1 Å². The molecule has 0 aliphatic carbocycles. The molecule has 1 N–H and O–H groups in total. The Labute approximate surface area is 121 Å². The summed E-state index contributed by atoms with van der Waals surface area (Å²) >= 11 is 1.41. The summed E-state index contributed by atoms with van der Waals surface area (Å²) in [5, 5.41) is 4.93. The molecule has 0 aromatic carbocycles. The molecule has 0 fully saturated rings. The summed E-state index contributed by atoms with van der Waals surface area (Å²) in [4.78, 5) is 16.5. The number of sulfone groups is 1. The lowest BCUT2D eigenvalue weighted by Gasteiger charge is -2.06. The molecule has 0 radical (unpaired) electrons. The molecule has 2 heterocycles. The molecule has 0 amide bonds. The Kier molecular flexibility index (Phi) is 4.56. The monoisotopic (exact) mass is 315 g/mol. The van der Waals surface area contributed by atoms with Gasteiger partial charge in [-0.3, -0.25) is 9.36 Å². The SMILES string of the molecule is Cc1csc2c(=O)n(CCNCCS(C)(=O)=O)cnc12. The highest BCUT2D eigenvalue weighted by Crippen LogP contribution is 2.19. The zero-order valence-electron chi connectivity index (χ0n) is 11.4. The lowest BCUT2D eigenvalue weighted by molar-refractivity contribution is 0.580. The van der Waals surface area contributed by atoms with Crippen molar-refractivity contribution in [2.75, 3.05) is 25.1 Å². The first-order chi connectivity index (χ1) is 9.38. The molecule has 0 saturated carbocycles. The summed E-state index contributed by atoms with van der Waals surface area (Å²) < 4.78 is 24.1. The van der Waals surface area contributed by atoms with Gasteiger partial charge < -0.3 is 5.32 Å². The second-order valence-corrected chi connectivity index (χ2v) is 7.86. The molecular formula is C12H17N3O3S2. The van der Waals surface area contributed by atoms with Gasteiger partial charge in [-0.25, -0.2) is 13.4 Å². The second kappa shape index (κ2) is 6.02. The van der Waals surface area contributed by atoms with Crippen molar-refractivity contribution in [2.24, 2.45) is 0 Å². The first kappa shape index (κ1) is 15.1. The molecule has 0 unspecified atom stereocenters. The zero-order valence-corrected chi connectivity index (χ0v) is 13.1. The average molecular weight is 315 g/mol. The van der Waals surface area contributed by atoms with Crippen molar-refractivity contribution in [3.05, 3.63) is 27.6 Å². The number of aromatic nitrogens is 2. The molecular weight excluding hydrogens is 298 g/mol. The first-order valence-electron chi connectivity index (χ1n) is 6.20. The minimum absolute atomic E-state index is 0.0435. The van der Waals surface area contributed by atoms with E-state index in [4.69, 9.17) is 0 Å². The summed E-state index contributed by atoms with van der Waals surface area (Å²) in [6, 6.07) is 0. The first-order valence-corrected chi connectivity index (χ1v) is 9.14. The van der Waals surface area contributed by atoms with Crippen LogP contribution in [0, 0.1) is 6.92 Å². The van der Waals surface area contributed by atoms with E-state index >= 15 is 0 Å².